The molecule has 0 unspecified atom stereocenters. The molecule has 3 nitrogen and oxygen atoms in total. The minimum absolute atomic E-state index is 0.607. The summed E-state index contributed by atoms with van der Waals surface area (Å²) in [6.07, 6.45) is 2.54. The molecule has 2 heterocycles. The lowest BCUT2D eigenvalue weighted by Gasteiger charge is -1.97. The number of halogens is 1. The molecule has 0 bridgehead atoms. The zero-order valence-corrected chi connectivity index (χ0v) is 8.47. The molecule has 71 valence electrons. The standard InChI is InChI=1S/C10H9ClN3/c1-2-7-6-9(14-13-7)10-8(11)4-3-5-12-10/h3-5H,2H2,1H3,(H,13,14). The predicted molar refractivity (Wildman–Crippen MR) is 55.0 cm³/mol. The Morgan fingerprint density at radius 1 is 1.57 bits per heavy atom. The van der Waals surface area contributed by atoms with Crippen LogP contribution < -0.4 is 0 Å². The average molecular weight is 207 g/mol. The Morgan fingerprint density at radius 3 is 3.07 bits per heavy atom. The van der Waals surface area contributed by atoms with Crippen LogP contribution in [0.5, 0.6) is 0 Å². The Hall–Kier alpha value is -1.35. The summed E-state index contributed by atoms with van der Waals surface area (Å²) >= 11 is 5.98. The summed E-state index contributed by atoms with van der Waals surface area (Å²) in [5.41, 5.74) is 2.33. The second kappa shape index (κ2) is 3.80. The number of rotatable bonds is 2. The summed E-state index contributed by atoms with van der Waals surface area (Å²) in [5, 5.41) is 7.54. The van der Waals surface area contributed by atoms with E-state index in [1.165, 1.54) is 0 Å². The normalized spacial score (nSPS) is 10.4. The van der Waals surface area contributed by atoms with Crippen molar-refractivity contribution >= 4 is 11.6 Å². The molecule has 2 aromatic rings. The van der Waals surface area contributed by atoms with Gasteiger partial charge in [0.2, 0.25) is 0 Å². The van der Waals surface area contributed by atoms with E-state index < -0.39 is 0 Å². The maximum atomic E-state index is 5.98. The predicted octanol–water partition coefficient (Wildman–Crippen LogP) is 2.49. The molecule has 0 saturated heterocycles. The molecular formula is C10H9ClN3. The van der Waals surface area contributed by atoms with Gasteiger partial charge in [0, 0.05) is 12.3 Å². The van der Waals surface area contributed by atoms with Crippen molar-refractivity contribution < 1.29 is 0 Å². The van der Waals surface area contributed by atoms with Crippen LogP contribution >= 0.6 is 11.6 Å². The van der Waals surface area contributed by atoms with E-state index in [1.54, 1.807) is 18.3 Å². The van der Waals surface area contributed by atoms with Crippen LogP contribution in [0.15, 0.2) is 18.3 Å². The van der Waals surface area contributed by atoms with Crippen LogP contribution in [0.3, 0.4) is 0 Å². The smallest absolute Gasteiger partial charge is 0.107 e. The molecule has 2 aromatic heterocycles. The van der Waals surface area contributed by atoms with Gasteiger partial charge in [-0.25, -0.2) is 0 Å². The van der Waals surface area contributed by atoms with E-state index in [0.29, 0.717) is 10.7 Å². The third-order valence-electron chi connectivity index (χ3n) is 1.90. The van der Waals surface area contributed by atoms with Gasteiger partial charge in [-0.15, -0.1) is 0 Å². The largest absolute Gasteiger partial charge is 0.275 e. The minimum Gasteiger partial charge on any atom is -0.275 e. The molecule has 2 rings (SSSR count). The summed E-state index contributed by atoms with van der Waals surface area (Å²) in [6, 6.07) is 6.70. The average Bonchev–Trinajstić information content (AvgIpc) is 2.67. The number of hydrogen-bond donors (Lipinski definition) is 1. The van der Waals surface area contributed by atoms with Gasteiger partial charge in [0.25, 0.3) is 0 Å². The van der Waals surface area contributed by atoms with E-state index in [4.69, 9.17) is 11.6 Å². The van der Waals surface area contributed by atoms with Crippen molar-refractivity contribution in [1.82, 2.24) is 15.2 Å². The molecule has 0 aliphatic rings. The van der Waals surface area contributed by atoms with E-state index in [0.717, 1.165) is 17.8 Å². The molecule has 0 fully saturated rings. The van der Waals surface area contributed by atoms with E-state index in [9.17, 15) is 0 Å². The summed E-state index contributed by atoms with van der Waals surface area (Å²) in [7, 11) is 0. The first-order valence-electron chi connectivity index (χ1n) is 4.38. The lowest BCUT2D eigenvalue weighted by atomic mass is 10.2. The van der Waals surface area contributed by atoms with Crippen molar-refractivity contribution in [3.63, 3.8) is 0 Å². The molecule has 4 heteroatoms. The molecular weight excluding hydrogens is 198 g/mol. The molecule has 1 radical (unpaired) electrons. The summed E-state index contributed by atoms with van der Waals surface area (Å²) < 4.78 is 0. The number of aryl methyl sites for hydroxylation is 1. The Morgan fingerprint density at radius 2 is 2.43 bits per heavy atom. The van der Waals surface area contributed by atoms with Crippen LogP contribution in [0, 0.1) is 6.07 Å². The molecule has 0 aromatic carbocycles. The van der Waals surface area contributed by atoms with Gasteiger partial charge in [-0.2, -0.15) is 5.10 Å². The van der Waals surface area contributed by atoms with E-state index in [1.807, 2.05) is 6.92 Å². The third kappa shape index (κ3) is 1.63. The van der Waals surface area contributed by atoms with Crippen LogP contribution in [0.2, 0.25) is 5.02 Å². The van der Waals surface area contributed by atoms with Crippen LogP contribution in [-0.2, 0) is 6.42 Å². The highest BCUT2D eigenvalue weighted by Gasteiger charge is 2.07. The topological polar surface area (TPSA) is 41.6 Å². The molecule has 0 aliphatic heterocycles. The fourth-order valence-electron chi connectivity index (χ4n) is 1.17. The van der Waals surface area contributed by atoms with Gasteiger partial charge in [-0.05, 0) is 18.6 Å². The Labute approximate surface area is 87.1 Å². The van der Waals surface area contributed by atoms with Crippen LogP contribution in [0.4, 0.5) is 0 Å². The number of aromatic nitrogens is 3. The second-order valence-corrected chi connectivity index (χ2v) is 3.26. The maximum Gasteiger partial charge on any atom is 0.107 e. The van der Waals surface area contributed by atoms with Crippen molar-refractivity contribution in [2.45, 2.75) is 13.3 Å². The lowest BCUT2D eigenvalue weighted by molar-refractivity contribution is 0.974. The van der Waals surface area contributed by atoms with Crippen LogP contribution in [0.1, 0.15) is 12.6 Å². The summed E-state index contributed by atoms with van der Waals surface area (Å²) in [4.78, 5) is 4.16. The van der Waals surface area contributed by atoms with Gasteiger partial charge in [-0.1, -0.05) is 18.5 Å². The second-order valence-electron chi connectivity index (χ2n) is 2.86. The monoisotopic (exact) mass is 206 g/mol. The Bertz CT molecular complexity index is 436. The molecule has 0 aliphatic carbocycles. The van der Waals surface area contributed by atoms with E-state index in [-0.39, 0.29) is 0 Å². The fourth-order valence-corrected chi connectivity index (χ4v) is 1.39. The number of aromatic amines is 1. The first-order chi connectivity index (χ1) is 6.81. The summed E-state index contributed by atoms with van der Waals surface area (Å²) in [5.74, 6) is 0. The van der Waals surface area contributed by atoms with Crippen molar-refractivity contribution in [3.05, 3.63) is 35.1 Å². The molecule has 0 atom stereocenters. The van der Waals surface area contributed by atoms with Gasteiger partial charge in [-0.3, -0.25) is 10.1 Å². The lowest BCUT2D eigenvalue weighted by Crippen LogP contribution is -1.83. The van der Waals surface area contributed by atoms with Gasteiger partial charge >= 0.3 is 0 Å². The first-order valence-corrected chi connectivity index (χ1v) is 4.76. The zero-order chi connectivity index (χ0) is 9.97. The molecule has 0 spiro atoms. The summed E-state index contributed by atoms with van der Waals surface area (Å²) in [6.45, 7) is 2.02. The third-order valence-corrected chi connectivity index (χ3v) is 2.21. The Balaban J connectivity index is 2.44. The minimum atomic E-state index is 0.607. The number of nitrogens with one attached hydrogen (secondary N) is 1. The fraction of sp³-hybridized carbons (Fsp3) is 0.200. The van der Waals surface area contributed by atoms with E-state index in [2.05, 4.69) is 21.2 Å². The quantitative estimate of drug-likeness (QED) is 0.820. The highest BCUT2D eigenvalue weighted by atomic mass is 35.5. The SMILES string of the molecule is CCc1[c]c(-c2ncccc2Cl)[nH]n1. The highest BCUT2D eigenvalue weighted by Crippen LogP contribution is 2.23. The van der Waals surface area contributed by atoms with Gasteiger partial charge in [0.1, 0.15) is 5.69 Å². The molecule has 0 amide bonds. The number of H-pyrrole nitrogens is 1. The number of nitrogens with zero attached hydrogens (tertiary/aromatic N) is 2. The van der Waals surface area contributed by atoms with Crippen LogP contribution in [-0.4, -0.2) is 15.2 Å². The van der Waals surface area contributed by atoms with Crippen molar-refractivity contribution in [2.24, 2.45) is 0 Å². The van der Waals surface area contributed by atoms with Crippen molar-refractivity contribution in [2.75, 3.05) is 0 Å². The number of pyridine rings is 1. The molecule has 14 heavy (non-hydrogen) atoms. The highest BCUT2D eigenvalue weighted by molar-refractivity contribution is 6.32. The number of hydrogen-bond acceptors (Lipinski definition) is 2. The maximum absolute atomic E-state index is 5.98. The van der Waals surface area contributed by atoms with Gasteiger partial charge < -0.3 is 0 Å². The van der Waals surface area contributed by atoms with Crippen LogP contribution in [0.25, 0.3) is 11.4 Å². The first kappa shape index (κ1) is 9.21. The zero-order valence-electron chi connectivity index (χ0n) is 7.71. The van der Waals surface area contributed by atoms with Gasteiger partial charge in [0.15, 0.2) is 0 Å². The molecule has 0 saturated carbocycles. The van der Waals surface area contributed by atoms with Gasteiger partial charge in [0.05, 0.1) is 16.4 Å². The van der Waals surface area contributed by atoms with E-state index >= 15 is 0 Å². The molecule has 1 N–H and O–H groups in total. The van der Waals surface area contributed by atoms with Crippen molar-refractivity contribution in [1.29, 1.82) is 0 Å². The van der Waals surface area contributed by atoms with Crippen molar-refractivity contribution in [3.8, 4) is 11.4 Å². The Kier molecular flexibility index (Phi) is 2.50.